The molecule has 0 aliphatic rings. The summed E-state index contributed by atoms with van der Waals surface area (Å²) in [4.78, 5) is 23.7. The number of hydrogen-bond acceptors (Lipinski definition) is 5. The standard InChI is InChI=1S/C9H15N5O3/c1-3-14(5-4-9(16)17)8(15)6-7-10-11-12-13(7)2/h3-6H2,1-2H3,(H,16,17). The lowest BCUT2D eigenvalue weighted by molar-refractivity contribution is -0.138. The minimum Gasteiger partial charge on any atom is -0.481 e. The van der Waals surface area contributed by atoms with Gasteiger partial charge in [-0.05, 0) is 17.4 Å². The summed E-state index contributed by atoms with van der Waals surface area (Å²) in [7, 11) is 1.65. The summed E-state index contributed by atoms with van der Waals surface area (Å²) < 4.78 is 1.42. The van der Waals surface area contributed by atoms with Crippen LogP contribution in [0.15, 0.2) is 0 Å². The van der Waals surface area contributed by atoms with Crippen molar-refractivity contribution in [2.24, 2.45) is 7.05 Å². The third-order valence-corrected chi connectivity index (χ3v) is 2.35. The van der Waals surface area contributed by atoms with E-state index in [1.165, 1.54) is 9.58 Å². The van der Waals surface area contributed by atoms with E-state index in [-0.39, 0.29) is 25.3 Å². The van der Waals surface area contributed by atoms with Crippen LogP contribution in [0.2, 0.25) is 0 Å². The van der Waals surface area contributed by atoms with E-state index in [1.807, 2.05) is 0 Å². The van der Waals surface area contributed by atoms with Crippen molar-refractivity contribution in [1.29, 1.82) is 0 Å². The molecule has 1 aromatic rings. The molecule has 1 amide bonds. The zero-order valence-corrected chi connectivity index (χ0v) is 9.83. The van der Waals surface area contributed by atoms with Gasteiger partial charge in [0.25, 0.3) is 0 Å². The molecule has 1 N–H and O–H groups in total. The van der Waals surface area contributed by atoms with E-state index in [4.69, 9.17) is 5.11 Å². The Labute approximate surface area is 98.2 Å². The number of aliphatic carboxylic acids is 1. The van der Waals surface area contributed by atoms with Gasteiger partial charge in [-0.15, -0.1) is 5.10 Å². The van der Waals surface area contributed by atoms with Crippen molar-refractivity contribution in [3.05, 3.63) is 5.82 Å². The highest BCUT2D eigenvalue weighted by molar-refractivity contribution is 5.78. The number of carboxylic acid groups (broad SMARTS) is 1. The molecule has 0 aromatic carbocycles. The monoisotopic (exact) mass is 241 g/mol. The number of rotatable bonds is 6. The number of amides is 1. The minimum atomic E-state index is -0.920. The van der Waals surface area contributed by atoms with Crippen LogP contribution in [0.25, 0.3) is 0 Å². The molecule has 0 aliphatic heterocycles. The molecule has 1 aromatic heterocycles. The largest absolute Gasteiger partial charge is 0.481 e. The van der Waals surface area contributed by atoms with Gasteiger partial charge in [-0.3, -0.25) is 9.59 Å². The fourth-order valence-electron chi connectivity index (χ4n) is 1.33. The van der Waals surface area contributed by atoms with Crippen molar-refractivity contribution in [3.8, 4) is 0 Å². The summed E-state index contributed by atoms with van der Waals surface area (Å²) in [5, 5.41) is 19.3. The Bertz CT molecular complexity index is 403. The summed E-state index contributed by atoms with van der Waals surface area (Å²) in [6.07, 6.45) is 0.0214. The maximum absolute atomic E-state index is 11.8. The van der Waals surface area contributed by atoms with Crippen LogP contribution in [0.5, 0.6) is 0 Å². The third-order valence-electron chi connectivity index (χ3n) is 2.35. The molecule has 0 saturated carbocycles. The highest BCUT2D eigenvalue weighted by atomic mass is 16.4. The molecule has 1 rings (SSSR count). The van der Waals surface area contributed by atoms with Gasteiger partial charge < -0.3 is 10.0 Å². The first kappa shape index (κ1) is 13.1. The highest BCUT2D eigenvalue weighted by Gasteiger charge is 2.16. The first-order valence-corrected chi connectivity index (χ1v) is 5.25. The van der Waals surface area contributed by atoms with Crippen LogP contribution >= 0.6 is 0 Å². The lowest BCUT2D eigenvalue weighted by Crippen LogP contribution is -2.34. The van der Waals surface area contributed by atoms with Crippen LogP contribution < -0.4 is 0 Å². The van der Waals surface area contributed by atoms with Gasteiger partial charge in [0.2, 0.25) is 5.91 Å². The molecule has 0 aliphatic carbocycles. The SMILES string of the molecule is CCN(CCC(=O)O)C(=O)Cc1nnnn1C. The molecule has 0 atom stereocenters. The van der Waals surface area contributed by atoms with Gasteiger partial charge in [-0.1, -0.05) is 0 Å². The van der Waals surface area contributed by atoms with Crippen molar-refractivity contribution >= 4 is 11.9 Å². The molecule has 0 radical (unpaired) electrons. The molecule has 17 heavy (non-hydrogen) atoms. The number of nitrogens with zero attached hydrogens (tertiary/aromatic N) is 5. The smallest absolute Gasteiger partial charge is 0.305 e. The fraction of sp³-hybridized carbons (Fsp3) is 0.667. The normalized spacial score (nSPS) is 10.2. The predicted molar refractivity (Wildman–Crippen MR) is 57.0 cm³/mol. The van der Waals surface area contributed by atoms with Crippen molar-refractivity contribution in [2.75, 3.05) is 13.1 Å². The second kappa shape index (κ2) is 5.92. The van der Waals surface area contributed by atoms with E-state index in [9.17, 15) is 9.59 Å². The fourth-order valence-corrected chi connectivity index (χ4v) is 1.33. The van der Waals surface area contributed by atoms with Gasteiger partial charge in [-0.2, -0.15) is 0 Å². The van der Waals surface area contributed by atoms with E-state index in [0.717, 1.165) is 0 Å². The zero-order chi connectivity index (χ0) is 12.8. The number of tetrazole rings is 1. The molecule has 94 valence electrons. The van der Waals surface area contributed by atoms with Crippen molar-refractivity contribution in [3.63, 3.8) is 0 Å². The highest BCUT2D eigenvalue weighted by Crippen LogP contribution is 1.99. The van der Waals surface area contributed by atoms with Crippen LogP contribution in [-0.2, 0) is 23.1 Å². The van der Waals surface area contributed by atoms with Gasteiger partial charge in [0, 0.05) is 20.1 Å². The third kappa shape index (κ3) is 3.82. The van der Waals surface area contributed by atoms with Crippen LogP contribution in [0.3, 0.4) is 0 Å². The van der Waals surface area contributed by atoms with Crippen molar-refractivity contribution in [2.45, 2.75) is 19.8 Å². The Morgan fingerprint density at radius 2 is 2.18 bits per heavy atom. The topological polar surface area (TPSA) is 101 Å². The van der Waals surface area contributed by atoms with Crippen LogP contribution in [0.4, 0.5) is 0 Å². The number of aromatic nitrogens is 4. The van der Waals surface area contributed by atoms with Crippen LogP contribution in [0, 0.1) is 0 Å². The Morgan fingerprint density at radius 1 is 1.47 bits per heavy atom. The number of carbonyl (C=O) groups is 2. The van der Waals surface area contributed by atoms with Crippen molar-refractivity contribution < 1.29 is 14.7 Å². The molecule has 0 spiro atoms. The second-order valence-electron chi connectivity index (χ2n) is 3.51. The molecule has 0 saturated heterocycles. The Morgan fingerprint density at radius 3 is 2.65 bits per heavy atom. The zero-order valence-electron chi connectivity index (χ0n) is 9.83. The molecule has 1 heterocycles. The number of hydrogen-bond donors (Lipinski definition) is 1. The van der Waals surface area contributed by atoms with E-state index in [1.54, 1.807) is 14.0 Å². The average molecular weight is 241 g/mol. The van der Waals surface area contributed by atoms with Crippen molar-refractivity contribution in [1.82, 2.24) is 25.1 Å². The lowest BCUT2D eigenvalue weighted by atomic mass is 10.3. The van der Waals surface area contributed by atoms with Crippen LogP contribution in [-0.4, -0.2) is 55.2 Å². The number of aryl methyl sites for hydroxylation is 1. The van der Waals surface area contributed by atoms with Crippen LogP contribution in [0.1, 0.15) is 19.2 Å². The average Bonchev–Trinajstić information content (AvgIpc) is 2.65. The molecule has 8 nitrogen and oxygen atoms in total. The minimum absolute atomic E-state index is 0.0589. The quantitative estimate of drug-likeness (QED) is 0.690. The van der Waals surface area contributed by atoms with E-state index in [0.29, 0.717) is 12.4 Å². The summed E-state index contributed by atoms with van der Waals surface area (Å²) in [6, 6.07) is 0. The predicted octanol–water partition coefficient (Wildman–Crippen LogP) is -0.924. The number of carbonyl (C=O) groups excluding carboxylic acids is 1. The number of likely N-dealkylation sites (N-methyl/N-ethyl adjacent to an activating group) is 1. The molecule has 0 unspecified atom stereocenters. The Kier molecular flexibility index (Phi) is 4.56. The van der Waals surface area contributed by atoms with E-state index >= 15 is 0 Å². The maximum atomic E-state index is 11.8. The van der Waals surface area contributed by atoms with E-state index < -0.39 is 5.97 Å². The summed E-state index contributed by atoms with van der Waals surface area (Å²) in [5.74, 6) is -0.632. The van der Waals surface area contributed by atoms with E-state index in [2.05, 4.69) is 15.5 Å². The summed E-state index contributed by atoms with van der Waals surface area (Å²) in [6.45, 7) is 2.47. The van der Waals surface area contributed by atoms with Gasteiger partial charge >= 0.3 is 5.97 Å². The molecule has 0 fully saturated rings. The molecule has 8 heteroatoms. The summed E-state index contributed by atoms with van der Waals surface area (Å²) >= 11 is 0. The maximum Gasteiger partial charge on any atom is 0.305 e. The van der Waals surface area contributed by atoms with Gasteiger partial charge in [0.05, 0.1) is 12.8 Å². The molecular formula is C9H15N5O3. The number of carboxylic acids is 1. The first-order chi connectivity index (χ1) is 8.04. The van der Waals surface area contributed by atoms with Gasteiger partial charge in [0.1, 0.15) is 0 Å². The molecular weight excluding hydrogens is 226 g/mol. The summed E-state index contributed by atoms with van der Waals surface area (Å²) in [5.41, 5.74) is 0. The lowest BCUT2D eigenvalue weighted by Gasteiger charge is -2.19. The Hall–Kier alpha value is -1.99. The van der Waals surface area contributed by atoms with Gasteiger partial charge in [-0.25, -0.2) is 4.68 Å². The second-order valence-corrected chi connectivity index (χ2v) is 3.51. The first-order valence-electron chi connectivity index (χ1n) is 5.25. The van der Waals surface area contributed by atoms with Gasteiger partial charge in [0.15, 0.2) is 5.82 Å². The molecule has 0 bridgehead atoms. The Balaban J connectivity index is 2.55.